The van der Waals surface area contributed by atoms with Gasteiger partial charge in [-0.25, -0.2) is 0 Å². The van der Waals surface area contributed by atoms with Crippen LogP contribution in [0.25, 0.3) is 10.8 Å². The van der Waals surface area contributed by atoms with Gasteiger partial charge < -0.3 is 10.2 Å². The van der Waals surface area contributed by atoms with Gasteiger partial charge in [0.15, 0.2) is 0 Å². The lowest BCUT2D eigenvalue weighted by Gasteiger charge is -2.32. The maximum absolute atomic E-state index is 12.0. The summed E-state index contributed by atoms with van der Waals surface area (Å²) < 4.78 is 0. The first kappa shape index (κ1) is 11.7. The van der Waals surface area contributed by atoms with Crippen LogP contribution in [0.1, 0.15) is 11.6 Å². The molecule has 1 unspecified atom stereocenters. The van der Waals surface area contributed by atoms with E-state index >= 15 is 0 Å². The van der Waals surface area contributed by atoms with Crippen molar-refractivity contribution in [2.75, 3.05) is 13.6 Å². The summed E-state index contributed by atoms with van der Waals surface area (Å²) in [6, 6.07) is 13.3. The Hall–Kier alpha value is -2.36. The number of nitrogens with zero attached hydrogens (tertiary/aromatic N) is 1. The molecule has 19 heavy (non-hydrogen) atoms. The van der Waals surface area contributed by atoms with E-state index in [9.17, 15) is 9.59 Å². The second-order valence-corrected chi connectivity index (χ2v) is 4.73. The molecule has 4 nitrogen and oxygen atoms in total. The van der Waals surface area contributed by atoms with Gasteiger partial charge in [0, 0.05) is 7.05 Å². The number of piperazine rings is 1. The van der Waals surface area contributed by atoms with Crippen molar-refractivity contribution in [3.63, 3.8) is 0 Å². The van der Waals surface area contributed by atoms with Crippen LogP contribution < -0.4 is 5.32 Å². The molecular weight excluding hydrogens is 240 g/mol. The largest absolute Gasteiger partial charge is 0.345 e. The number of hydrogen-bond acceptors (Lipinski definition) is 2. The number of likely N-dealkylation sites (N-methyl/N-ethyl adjacent to an activating group) is 1. The number of fused-ring (bicyclic) bond motifs is 1. The highest BCUT2D eigenvalue weighted by Crippen LogP contribution is 2.25. The van der Waals surface area contributed by atoms with Crippen molar-refractivity contribution in [1.82, 2.24) is 10.2 Å². The van der Waals surface area contributed by atoms with E-state index in [2.05, 4.69) is 5.32 Å². The van der Waals surface area contributed by atoms with Crippen LogP contribution in [0.2, 0.25) is 0 Å². The molecule has 96 valence electrons. The highest BCUT2D eigenvalue weighted by molar-refractivity contribution is 5.96. The summed E-state index contributed by atoms with van der Waals surface area (Å²) in [7, 11) is 1.67. The molecule has 2 aromatic rings. The molecule has 1 fully saturated rings. The number of carbonyl (C=O) groups is 2. The molecule has 1 N–H and O–H groups in total. The summed E-state index contributed by atoms with van der Waals surface area (Å²) >= 11 is 0. The zero-order valence-corrected chi connectivity index (χ0v) is 10.6. The van der Waals surface area contributed by atoms with Crippen molar-refractivity contribution in [3.8, 4) is 0 Å². The Bertz CT molecular complexity index is 666. The molecule has 1 aliphatic heterocycles. The summed E-state index contributed by atoms with van der Waals surface area (Å²) in [5.41, 5.74) is 0.840. The summed E-state index contributed by atoms with van der Waals surface area (Å²) in [5, 5.41) is 4.82. The van der Waals surface area contributed by atoms with Crippen LogP contribution in [-0.2, 0) is 9.59 Å². The van der Waals surface area contributed by atoms with Crippen LogP contribution >= 0.6 is 0 Å². The van der Waals surface area contributed by atoms with Crippen molar-refractivity contribution in [2.45, 2.75) is 6.04 Å². The van der Waals surface area contributed by atoms with E-state index in [0.29, 0.717) is 0 Å². The van der Waals surface area contributed by atoms with Crippen LogP contribution in [-0.4, -0.2) is 30.3 Å². The molecule has 1 heterocycles. The third kappa shape index (κ3) is 1.95. The standard InChI is InChI=1S/C15H14N2O2/c1-17-13(18)9-16-15(19)14(17)12-7-6-10-4-2-3-5-11(10)8-12/h2-8,14H,9H2,1H3,(H,16,19). The molecule has 0 spiro atoms. The van der Waals surface area contributed by atoms with Gasteiger partial charge in [-0.15, -0.1) is 0 Å². The Morgan fingerprint density at radius 3 is 2.63 bits per heavy atom. The van der Waals surface area contributed by atoms with Crippen molar-refractivity contribution >= 4 is 22.6 Å². The van der Waals surface area contributed by atoms with Gasteiger partial charge in [0.1, 0.15) is 6.04 Å². The zero-order chi connectivity index (χ0) is 13.4. The lowest BCUT2D eigenvalue weighted by atomic mass is 9.99. The van der Waals surface area contributed by atoms with Gasteiger partial charge in [0.2, 0.25) is 11.8 Å². The average Bonchev–Trinajstić information content (AvgIpc) is 2.43. The topological polar surface area (TPSA) is 49.4 Å². The molecule has 1 saturated heterocycles. The average molecular weight is 254 g/mol. The number of nitrogens with one attached hydrogen (secondary N) is 1. The second kappa shape index (κ2) is 4.39. The quantitative estimate of drug-likeness (QED) is 0.837. The maximum Gasteiger partial charge on any atom is 0.247 e. The van der Waals surface area contributed by atoms with Crippen LogP contribution in [0.3, 0.4) is 0 Å². The number of hydrogen-bond donors (Lipinski definition) is 1. The monoisotopic (exact) mass is 254 g/mol. The van der Waals surface area contributed by atoms with E-state index in [1.54, 1.807) is 7.05 Å². The zero-order valence-electron chi connectivity index (χ0n) is 10.6. The Morgan fingerprint density at radius 2 is 1.84 bits per heavy atom. The molecule has 0 bridgehead atoms. The van der Waals surface area contributed by atoms with Crippen LogP contribution in [0, 0.1) is 0 Å². The summed E-state index contributed by atoms with van der Waals surface area (Å²) in [5.74, 6) is -0.199. The van der Waals surface area contributed by atoms with Crippen molar-refractivity contribution < 1.29 is 9.59 Å². The molecule has 1 aliphatic rings. The number of rotatable bonds is 1. The molecule has 0 aromatic heterocycles. The van der Waals surface area contributed by atoms with Crippen LogP contribution in [0.15, 0.2) is 42.5 Å². The first-order valence-electron chi connectivity index (χ1n) is 6.19. The SMILES string of the molecule is CN1C(=O)CNC(=O)C1c1ccc2ccccc2c1. The minimum absolute atomic E-state index is 0.0715. The van der Waals surface area contributed by atoms with Crippen molar-refractivity contribution in [3.05, 3.63) is 48.0 Å². The van der Waals surface area contributed by atoms with Gasteiger partial charge in [-0.05, 0) is 22.4 Å². The highest BCUT2D eigenvalue weighted by Gasteiger charge is 2.32. The molecular formula is C15H14N2O2. The van der Waals surface area contributed by atoms with Gasteiger partial charge in [0.05, 0.1) is 6.54 Å². The molecule has 3 rings (SSSR count). The molecule has 2 amide bonds. The molecule has 2 aromatic carbocycles. The smallest absolute Gasteiger partial charge is 0.247 e. The van der Waals surface area contributed by atoms with Gasteiger partial charge in [-0.2, -0.15) is 0 Å². The van der Waals surface area contributed by atoms with Gasteiger partial charge in [-0.1, -0.05) is 36.4 Å². The van der Waals surface area contributed by atoms with E-state index in [1.165, 1.54) is 4.90 Å². The van der Waals surface area contributed by atoms with Gasteiger partial charge in [0.25, 0.3) is 0 Å². The second-order valence-electron chi connectivity index (χ2n) is 4.73. The van der Waals surface area contributed by atoms with E-state index in [0.717, 1.165) is 16.3 Å². The Labute approximate surface area is 111 Å². The van der Waals surface area contributed by atoms with E-state index in [1.807, 2.05) is 42.5 Å². The number of amides is 2. The van der Waals surface area contributed by atoms with E-state index in [4.69, 9.17) is 0 Å². The minimum atomic E-state index is -0.536. The highest BCUT2D eigenvalue weighted by atomic mass is 16.2. The van der Waals surface area contributed by atoms with Gasteiger partial charge in [-0.3, -0.25) is 9.59 Å². The molecule has 0 aliphatic carbocycles. The number of carbonyl (C=O) groups excluding carboxylic acids is 2. The molecule has 0 saturated carbocycles. The van der Waals surface area contributed by atoms with Crippen LogP contribution in [0.5, 0.6) is 0 Å². The normalized spacial score (nSPS) is 19.6. The fourth-order valence-electron chi connectivity index (χ4n) is 2.46. The first-order valence-corrected chi connectivity index (χ1v) is 6.19. The minimum Gasteiger partial charge on any atom is -0.345 e. The fourth-order valence-corrected chi connectivity index (χ4v) is 2.46. The number of benzene rings is 2. The molecule has 0 radical (unpaired) electrons. The van der Waals surface area contributed by atoms with E-state index < -0.39 is 6.04 Å². The predicted octanol–water partition coefficient (Wildman–Crippen LogP) is 1.47. The fraction of sp³-hybridized carbons (Fsp3) is 0.200. The van der Waals surface area contributed by atoms with Gasteiger partial charge >= 0.3 is 0 Å². The lowest BCUT2D eigenvalue weighted by Crippen LogP contribution is -2.51. The Balaban J connectivity index is 2.07. The van der Waals surface area contributed by atoms with Crippen molar-refractivity contribution in [1.29, 1.82) is 0 Å². The third-order valence-corrected chi connectivity index (χ3v) is 3.53. The molecule has 1 atom stereocenters. The van der Waals surface area contributed by atoms with Crippen LogP contribution in [0.4, 0.5) is 0 Å². The maximum atomic E-state index is 12.0. The molecule has 4 heteroatoms. The summed E-state index contributed by atoms with van der Waals surface area (Å²) in [6.45, 7) is 0.0828. The Kier molecular flexibility index (Phi) is 2.71. The predicted molar refractivity (Wildman–Crippen MR) is 72.5 cm³/mol. The van der Waals surface area contributed by atoms with Crippen molar-refractivity contribution in [2.24, 2.45) is 0 Å². The van der Waals surface area contributed by atoms with E-state index in [-0.39, 0.29) is 18.4 Å². The Morgan fingerprint density at radius 1 is 1.11 bits per heavy atom. The first-order chi connectivity index (χ1) is 9.16. The summed E-state index contributed by atoms with van der Waals surface area (Å²) in [4.78, 5) is 25.2. The summed E-state index contributed by atoms with van der Waals surface area (Å²) in [6.07, 6.45) is 0. The lowest BCUT2D eigenvalue weighted by molar-refractivity contribution is -0.144. The third-order valence-electron chi connectivity index (χ3n) is 3.53.